The maximum Gasteiger partial charge on any atom is 0.198 e. The van der Waals surface area contributed by atoms with Crippen molar-refractivity contribution in [2.24, 2.45) is 0 Å². The summed E-state index contributed by atoms with van der Waals surface area (Å²) >= 11 is 0. The normalized spacial score (nSPS) is 20.9. The minimum atomic E-state index is -3.20. The summed E-state index contributed by atoms with van der Waals surface area (Å²) < 4.78 is 30.3. The number of ether oxygens (including phenoxy) is 1. The van der Waals surface area contributed by atoms with Crippen LogP contribution in [0.1, 0.15) is 50.6 Å². The van der Waals surface area contributed by atoms with Crippen molar-refractivity contribution in [2.45, 2.75) is 68.2 Å². The molecule has 1 aromatic heterocycles. The minimum Gasteiger partial charge on any atom is -0.489 e. The minimum absolute atomic E-state index is 0.202. The SMILES string of the molecule is Cc1nc(S(=O)(=O)C2CC2)ccc1OC1CCCCC1. The molecule has 2 saturated carbocycles. The molecule has 0 N–H and O–H groups in total. The van der Waals surface area contributed by atoms with Gasteiger partial charge in [0.2, 0.25) is 0 Å². The molecule has 0 unspecified atom stereocenters. The van der Waals surface area contributed by atoms with Crippen molar-refractivity contribution in [1.82, 2.24) is 4.98 Å². The molecule has 0 aliphatic heterocycles. The molecule has 4 nitrogen and oxygen atoms in total. The summed E-state index contributed by atoms with van der Waals surface area (Å²) in [6, 6.07) is 3.37. The molecule has 0 spiro atoms. The second kappa shape index (κ2) is 5.35. The standard InChI is InChI=1S/C15H21NO3S/c1-11-14(19-12-5-3-2-4-6-12)9-10-15(16-11)20(17,18)13-7-8-13/h9-10,12-13H,2-8H2,1H3. The van der Waals surface area contributed by atoms with Crippen LogP contribution in [0.2, 0.25) is 0 Å². The first kappa shape index (κ1) is 13.9. The Balaban J connectivity index is 1.77. The fourth-order valence-corrected chi connectivity index (χ4v) is 4.34. The number of aromatic nitrogens is 1. The van der Waals surface area contributed by atoms with Crippen molar-refractivity contribution in [2.75, 3.05) is 0 Å². The third-order valence-electron chi connectivity index (χ3n) is 4.11. The van der Waals surface area contributed by atoms with E-state index in [1.165, 1.54) is 19.3 Å². The van der Waals surface area contributed by atoms with Crippen LogP contribution < -0.4 is 4.74 Å². The molecule has 0 amide bonds. The van der Waals surface area contributed by atoms with Gasteiger partial charge in [-0.1, -0.05) is 6.42 Å². The maximum absolute atomic E-state index is 12.1. The molecule has 1 aromatic rings. The average molecular weight is 295 g/mol. The van der Waals surface area contributed by atoms with Gasteiger partial charge in [0.1, 0.15) is 5.75 Å². The average Bonchev–Trinajstić information content (AvgIpc) is 3.27. The number of nitrogens with zero attached hydrogens (tertiary/aromatic N) is 1. The summed E-state index contributed by atoms with van der Waals surface area (Å²) in [5.41, 5.74) is 0.678. The Labute approximate surface area is 120 Å². The third kappa shape index (κ3) is 2.82. The van der Waals surface area contributed by atoms with Crippen LogP contribution in [0.3, 0.4) is 0 Å². The van der Waals surface area contributed by atoms with Crippen LogP contribution in [0.25, 0.3) is 0 Å². The van der Waals surface area contributed by atoms with Crippen LogP contribution in [0.15, 0.2) is 17.2 Å². The van der Waals surface area contributed by atoms with Crippen LogP contribution in [0.4, 0.5) is 0 Å². The Morgan fingerprint density at radius 2 is 1.80 bits per heavy atom. The summed E-state index contributed by atoms with van der Waals surface area (Å²) in [4.78, 5) is 4.26. The summed E-state index contributed by atoms with van der Waals surface area (Å²) in [7, 11) is -3.20. The van der Waals surface area contributed by atoms with E-state index in [9.17, 15) is 8.42 Å². The topological polar surface area (TPSA) is 56.3 Å². The van der Waals surface area contributed by atoms with Gasteiger partial charge in [0.05, 0.1) is 17.0 Å². The molecule has 2 aliphatic carbocycles. The van der Waals surface area contributed by atoms with Crippen molar-refractivity contribution < 1.29 is 13.2 Å². The smallest absolute Gasteiger partial charge is 0.198 e. The van der Waals surface area contributed by atoms with Gasteiger partial charge >= 0.3 is 0 Å². The monoisotopic (exact) mass is 295 g/mol. The highest BCUT2D eigenvalue weighted by Gasteiger charge is 2.38. The van der Waals surface area contributed by atoms with E-state index >= 15 is 0 Å². The van der Waals surface area contributed by atoms with E-state index in [4.69, 9.17) is 4.74 Å². The van der Waals surface area contributed by atoms with E-state index in [0.717, 1.165) is 31.4 Å². The number of pyridine rings is 1. The highest BCUT2D eigenvalue weighted by molar-refractivity contribution is 7.92. The van der Waals surface area contributed by atoms with Gasteiger partial charge in [0, 0.05) is 0 Å². The summed E-state index contributed by atoms with van der Waals surface area (Å²) in [6.07, 6.45) is 7.68. The number of aryl methyl sites for hydroxylation is 1. The largest absolute Gasteiger partial charge is 0.489 e. The van der Waals surface area contributed by atoms with Crippen LogP contribution in [-0.4, -0.2) is 24.8 Å². The highest BCUT2D eigenvalue weighted by Crippen LogP contribution is 2.34. The van der Waals surface area contributed by atoms with Crippen molar-refractivity contribution in [1.29, 1.82) is 0 Å². The zero-order valence-corrected chi connectivity index (χ0v) is 12.7. The van der Waals surface area contributed by atoms with Gasteiger partial charge in [-0.2, -0.15) is 0 Å². The Morgan fingerprint density at radius 3 is 2.40 bits per heavy atom. The van der Waals surface area contributed by atoms with E-state index in [0.29, 0.717) is 5.69 Å². The summed E-state index contributed by atoms with van der Waals surface area (Å²) in [5, 5.41) is -0.00647. The van der Waals surface area contributed by atoms with Gasteiger partial charge in [0.15, 0.2) is 14.9 Å². The molecule has 1 heterocycles. The first-order valence-electron chi connectivity index (χ1n) is 7.45. The Morgan fingerprint density at radius 1 is 1.10 bits per heavy atom. The van der Waals surface area contributed by atoms with Crippen molar-refractivity contribution in [3.63, 3.8) is 0 Å². The number of rotatable bonds is 4. The third-order valence-corrected chi connectivity index (χ3v) is 6.27. The fraction of sp³-hybridized carbons (Fsp3) is 0.667. The van der Waals surface area contributed by atoms with E-state index < -0.39 is 9.84 Å². The number of sulfone groups is 1. The van der Waals surface area contributed by atoms with Gasteiger partial charge in [-0.25, -0.2) is 13.4 Å². The molecule has 0 atom stereocenters. The molecule has 0 aromatic carbocycles. The van der Waals surface area contributed by atoms with Crippen molar-refractivity contribution in [3.05, 3.63) is 17.8 Å². The summed E-state index contributed by atoms with van der Waals surface area (Å²) in [5.74, 6) is 0.728. The lowest BCUT2D eigenvalue weighted by Gasteiger charge is -2.23. The molecule has 0 bridgehead atoms. The van der Waals surface area contributed by atoms with Gasteiger partial charge in [0.25, 0.3) is 0 Å². The van der Waals surface area contributed by atoms with Crippen molar-refractivity contribution >= 4 is 9.84 Å². The van der Waals surface area contributed by atoms with E-state index in [1.807, 2.05) is 6.92 Å². The molecule has 2 aliphatic rings. The fourth-order valence-electron chi connectivity index (χ4n) is 2.72. The molecule has 3 rings (SSSR count). The molecular weight excluding hydrogens is 274 g/mol. The predicted octanol–water partition coefficient (Wildman–Crippen LogP) is 3.04. The Bertz CT molecular complexity index is 587. The molecule has 5 heteroatoms. The molecule has 0 radical (unpaired) electrons. The predicted molar refractivity (Wildman–Crippen MR) is 76.7 cm³/mol. The lowest BCUT2D eigenvalue weighted by atomic mass is 9.98. The van der Waals surface area contributed by atoms with E-state index in [2.05, 4.69) is 4.98 Å². The number of hydrogen-bond acceptors (Lipinski definition) is 4. The van der Waals surface area contributed by atoms with Gasteiger partial charge in [-0.15, -0.1) is 0 Å². The number of hydrogen-bond donors (Lipinski definition) is 0. The molecule has 20 heavy (non-hydrogen) atoms. The van der Waals surface area contributed by atoms with Crippen LogP contribution >= 0.6 is 0 Å². The van der Waals surface area contributed by atoms with Gasteiger partial charge in [-0.05, 0) is 57.6 Å². The lowest BCUT2D eigenvalue weighted by Crippen LogP contribution is -2.20. The van der Waals surface area contributed by atoms with Crippen molar-refractivity contribution in [3.8, 4) is 5.75 Å². The van der Waals surface area contributed by atoms with Crippen LogP contribution in [0.5, 0.6) is 5.75 Å². The Kier molecular flexibility index (Phi) is 3.71. The molecule has 110 valence electrons. The Hall–Kier alpha value is -1.10. The van der Waals surface area contributed by atoms with Gasteiger partial charge < -0.3 is 4.74 Å². The zero-order chi connectivity index (χ0) is 14.2. The lowest BCUT2D eigenvalue weighted by molar-refractivity contribution is 0.153. The summed E-state index contributed by atoms with van der Waals surface area (Å²) in [6.45, 7) is 1.82. The second-order valence-corrected chi connectivity index (χ2v) is 8.03. The quantitative estimate of drug-likeness (QED) is 0.856. The zero-order valence-electron chi connectivity index (χ0n) is 11.8. The van der Waals surface area contributed by atoms with Gasteiger partial charge in [-0.3, -0.25) is 0 Å². The molecule has 2 fully saturated rings. The first-order valence-corrected chi connectivity index (χ1v) is 9.00. The van der Waals surface area contributed by atoms with Crippen LogP contribution in [-0.2, 0) is 9.84 Å². The molecular formula is C15H21NO3S. The highest BCUT2D eigenvalue weighted by atomic mass is 32.2. The maximum atomic E-state index is 12.1. The van der Waals surface area contributed by atoms with Crippen LogP contribution in [0, 0.1) is 6.92 Å². The first-order chi connectivity index (χ1) is 9.57. The van der Waals surface area contributed by atoms with E-state index in [1.54, 1.807) is 12.1 Å². The van der Waals surface area contributed by atoms with E-state index in [-0.39, 0.29) is 16.4 Å². The molecule has 0 saturated heterocycles. The second-order valence-electron chi connectivity index (χ2n) is 5.86.